The topological polar surface area (TPSA) is 69.9 Å². The fourth-order valence-electron chi connectivity index (χ4n) is 2.37. The highest BCUT2D eigenvalue weighted by Crippen LogP contribution is 2.11. The first-order valence-electron chi connectivity index (χ1n) is 8.58. The zero-order valence-corrected chi connectivity index (χ0v) is 15.0. The van der Waals surface area contributed by atoms with Crippen molar-refractivity contribution in [1.29, 1.82) is 0 Å². The lowest BCUT2D eigenvalue weighted by Crippen LogP contribution is -2.29. The van der Waals surface area contributed by atoms with Crippen LogP contribution in [-0.2, 0) is 0 Å². The van der Waals surface area contributed by atoms with Crippen LogP contribution >= 0.6 is 0 Å². The quantitative estimate of drug-likeness (QED) is 0.474. The van der Waals surface area contributed by atoms with Crippen LogP contribution in [0.2, 0.25) is 0 Å². The van der Waals surface area contributed by atoms with E-state index >= 15 is 0 Å². The van der Waals surface area contributed by atoms with Crippen LogP contribution in [0.4, 0.5) is 0 Å². The molecule has 134 valence electrons. The van der Waals surface area contributed by atoms with Crippen LogP contribution in [0.5, 0.6) is 5.75 Å². The van der Waals surface area contributed by atoms with Gasteiger partial charge in [-0.1, -0.05) is 35.8 Å². The Balaban J connectivity index is 1.66. The van der Waals surface area contributed by atoms with Gasteiger partial charge in [0.2, 0.25) is 0 Å². The summed E-state index contributed by atoms with van der Waals surface area (Å²) in [4.78, 5) is 0. The number of hydrogen-bond acceptors (Lipinski definition) is 4. The molecule has 6 heteroatoms. The summed E-state index contributed by atoms with van der Waals surface area (Å²) in [5, 5.41) is 26.9. The second-order valence-corrected chi connectivity index (χ2v) is 5.87. The summed E-state index contributed by atoms with van der Waals surface area (Å²) in [5.41, 5.74) is 3.82. The van der Waals surface area contributed by atoms with Gasteiger partial charge in [-0.3, -0.25) is 0 Å². The molecule has 4 nitrogen and oxygen atoms in total. The standard InChI is InChI=1S/C22H16B2O4/c25-23-28-22-15-11-20(12-16-22)8-6-18-3-1-17(2-4-18)5-7-19-9-13-21(14-10-19)24(26)27/h1-4,9-16,23,25-27H. The van der Waals surface area contributed by atoms with E-state index in [-0.39, 0.29) is 7.69 Å². The molecule has 0 bridgehead atoms. The largest absolute Gasteiger partial charge is 0.539 e. The van der Waals surface area contributed by atoms with Crippen molar-refractivity contribution in [3.8, 4) is 29.4 Å². The molecular formula is C22H16B2O4. The van der Waals surface area contributed by atoms with E-state index < -0.39 is 7.12 Å². The second kappa shape index (κ2) is 9.50. The van der Waals surface area contributed by atoms with Crippen LogP contribution in [0.15, 0.2) is 72.8 Å². The lowest BCUT2D eigenvalue weighted by Gasteiger charge is -2.00. The Labute approximate surface area is 164 Å². The predicted octanol–water partition coefficient (Wildman–Crippen LogP) is 0.804. The third-order valence-electron chi connectivity index (χ3n) is 3.88. The molecular weight excluding hydrogens is 350 g/mol. The van der Waals surface area contributed by atoms with Crippen molar-refractivity contribution < 1.29 is 19.7 Å². The molecule has 0 spiro atoms. The molecule has 0 aliphatic rings. The van der Waals surface area contributed by atoms with E-state index in [2.05, 4.69) is 23.7 Å². The molecule has 0 atom stereocenters. The van der Waals surface area contributed by atoms with Crippen LogP contribution in [-0.4, -0.2) is 29.9 Å². The van der Waals surface area contributed by atoms with Gasteiger partial charge < -0.3 is 19.7 Å². The summed E-state index contributed by atoms with van der Waals surface area (Å²) >= 11 is 0. The Morgan fingerprint density at radius 2 is 0.964 bits per heavy atom. The maximum atomic E-state index is 9.09. The highest BCUT2D eigenvalue weighted by molar-refractivity contribution is 6.58. The van der Waals surface area contributed by atoms with Crippen LogP contribution in [0, 0.1) is 23.7 Å². The van der Waals surface area contributed by atoms with Crippen molar-refractivity contribution in [2.75, 3.05) is 0 Å². The molecule has 3 aromatic carbocycles. The normalized spacial score (nSPS) is 9.39. The van der Waals surface area contributed by atoms with E-state index in [0.29, 0.717) is 11.2 Å². The predicted molar refractivity (Wildman–Crippen MR) is 111 cm³/mol. The van der Waals surface area contributed by atoms with Gasteiger partial charge in [0.25, 0.3) is 0 Å². The number of benzene rings is 3. The Kier molecular flexibility index (Phi) is 6.57. The molecule has 0 saturated carbocycles. The first-order chi connectivity index (χ1) is 13.6. The molecule has 0 aromatic heterocycles. The Morgan fingerprint density at radius 1 is 0.607 bits per heavy atom. The van der Waals surface area contributed by atoms with Gasteiger partial charge in [0.05, 0.1) is 0 Å². The Morgan fingerprint density at radius 3 is 1.32 bits per heavy atom. The van der Waals surface area contributed by atoms with E-state index in [1.54, 1.807) is 36.4 Å². The number of rotatable bonds is 3. The first kappa shape index (κ1) is 19.4. The molecule has 0 radical (unpaired) electrons. The second-order valence-electron chi connectivity index (χ2n) is 5.87. The van der Waals surface area contributed by atoms with E-state index in [4.69, 9.17) is 19.7 Å². The minimum Gasteiger partial charge on any atom is -0.539 e. The van der Waals surface area contributed by atoms with Gasteiger partial charge in [-0.2, -0.15) is 0 Å². The zero-order chi connectivity index (χ0) is 19.8. The van der Waals surface area contributed by atoms with Crippen molar-refractivity contribution in [3.63, 3.8) is 0 Å². The lowest BCUT2D eigenvalue weighted by atomic mass is 9.80. The monoisotopic (exact) mass is 366 g/mol. The van der Waals surface area contributed by atoms with Crippen molar-refractivity contribution >= 4 is 20.3 Å². The molecule has 3 N–H and O–H groups in total. The average molecular weight is 366 g/mol. The zero-order valence-electron chi connectivity index (χ0n) is 15.0. The van der Waals surface area contributed by atoms with Crippen molar-refractivity contribution in [2.45, 2.75) is 0 Å². The SMILES string of the molecule is OBOc1ccc(C#Cc2ccc(C#Cc3ccc(B(O)O)cc3)cc2)cc1. The third-order valence-corrected chi connectivity index (χ3v) is 3.88. The maximum absolute atomic E-state index is 9.09. The van der Waals surface area contributed by atoms with Gasteiger partial charge in [-0.15, -0.1) is 0 Å². The summed E-state index contributed by atoms with van der Waals surface area (Å²) < 4.78 is 4.98. The van der Waals surface area contributed by atoms with Crippen LogP contribution in [0.3, 0.4) is 0 Å². The average Bonchev–Trinajstić information content (AvgIpc) is 2.73. The van der Waals surface area contributed by atoms with Crippen molar-refractivity contribution in [1.82, 2.24) is 0 Å². The van der Waals surface area contributed by atoms with Gasteiger partial charge in [0, 0.05) is 22.3 Å². The molecule has 28 heavy (non-hydrogen) atoms. The Bertz CT molecular complexity index is 1040. The van der Waals surface area contributed by atoms with E-state index in [0.717, 1.165) is 22.3 Å². The van der Waals surface area contributed by atoms with E-state index in [1.165, 1.54) is 0 Å². The fourth-order valence-corrected chi connectivity index (χ4v) is 2.37. The Hall–Kier alpha value is -3.41. The molecule has 0 aliphatic heterocycles. The summed E-state index contributed by atoms with van der Waals surface area (Å²) in [6.45, 7) is 0. The molecule has 0 aliphatic carbocycles. The summed E-state index contributed by atoms with van der Waals surface area (Å²) in [5.74, 6) is 12.9. The molecule has 3 aromatic rings. The number of hydrogen-bond donors (Lipinski definition) is 3. The highest BCUT2D eigenvalue weighted by Gasteiger charge is 2.08. The fraction of sp³-hybridized carbons (Fsp3) is 0. The van der Waals surface area contributed by atoms with Crippen molar-refractivity contribution in [2.24, 2.45) is 0 Å². The molecule has 0 saturated heterocycles. The summed E-state index contributed by atoms with van der Waals surface area (Å²) in [6, 6.07) is 21.6. The van der Waals surface area contributed by atoms with Crippen LogP contribution in [0.25, 0.3) is 0 Å². The molecule has 0 amide bonds. The van der Waals surface area contributed by atoms with Gasteiger partial charge in [0.15, 0.2) is 0 Å². The summed E-state index contributed by atoms with van der Waals surface area (Å²) in [7, 11) is -1.82. The third kappa shape index (κ3) is 5.54. The van der Waals surface area contributed by atoms with Crippen LogP contribution < -0.4 is 10.1 Å². The highest BCUT2D eigenvalue weighted by atomic mass is 16.5. The van der Waals surface area contributed by atoms with Gasteiger partial charge in [-0.05, 0) is 66.1 Å². The van der Waals surface area contributed by atoms with Gasteiger partial charge >= 0.3 is 14.8 Å². The molecule has 0 fully saturated rings. The van der Waals surface area contributed by atoms with E-state index in [1.807, 2.05) is 36.4 Å². The molecule has 3 rings (SSSR count). The smallest absolute Gasteiger partial charge is 0.504 e. The first-order valence-corrected chi connectivity index (χ1v) is 8.58. The maximum Gasteiger partial charge on any atom is 0.504 e. The van der Waals surface area contributed by atoms with Gasteiger partial charge in [-0.25, -0.2) is 0 Å². The summed E-state index contributed by atoms with van der Waals surface area (Å²) in [6.07, 6.45) is 0. The molecule has 0 unspecified atom stereocenters. The van der Waals surface area contributed by atoms with E-state index in [9.17, 15) is 0 Å². The van der Waals surface area contributed by atoms with Crippen molar-refractivity contribution in [3.05, 3.63) is 95.1 Å². The van der Waals surface area contributed by atoms with Crippen LogP contribution in [0.1, 0.15) is 22.3 Å². The lowest BCUT2D eigenvalue weighted by molar-refractivity contribution is 0.425. The minimum absolute atomic E-state index is 0.350. The van der Waals surface area contributed by atoms with Gasteiger partial charge in [0.1, 0.15) is 5.75 Å². The minimum atomic E-state index is -1.47. The molecule has 0 heterocycles.